The Morgan fingerprint density at radius 3 is 2.24 bits per heavy atom. The molecule has 190 valence electrons. The summed E-state index contributed by atoms with van der Waals surface area (Å²) in [5.74, 6) is 2.26. The number of hydrogen-bond donors (Lipinski definition) is 1. The summed E-state index contributed by atoms with van der Waals surface area (Å²) in [6, 6.07) is 18.5. The van der Waals surface area contributed by atoms with Crippen LogP contribution in [-0.4, -0.2) is 50.1 Å². The Bertz CT molecular complexity index is 1350. The van der Waals surface area contributed by atoms with Crippen molar-refractivity contribution in [3.63, 3.8) is 0 Å². The molecule has 0 radical (unpaired) electrons. The van der Waals surface area contributed by atoms with Crippen LogP contribution in [0.15, 0.2) is 60.9 Å². The van der Waals surface area contributed by atoms with Gasteiger partial charge in [0.25, 0.3) is 0 Å². The molecule has 1 aliphatic heterocycles. The first-order chi connectivity index (χ1) is 18.2. The lowest BCUT2D eigenvalue weighted by atomic mass is 9.85. The molecule has 0 unspecified atom stereocenters. The summed E-state index contributed by atoms with van der Waals surface area (Å²) < 4.78 is 8.02. The highest BCUT2D eigenvalue weighted by Gasteiger charge is 2.31. The molecule has 2 aromatic heterocycles. The number of ether oxygens (including phenoxy) is 1. The maximum Gasteiger partial charge on any atom is 0.164 e. The number of carbonyl (C=O) groups excluding carboxylic acids is 1. The minimum absolute atomic E-state index is 0.256. The molecule has 8 heteroatoms. The van der Waals surface area contributed by atoms with Crippen LogP contribution in [0.4, 0.5) is 5.82 Å². The van der Waals surface area contributed by atoms with Crippen molar-refractivity contribution in [1.82, 2.24) is 24.6 Å². The quantitative estimate of drug-likeness (QED) is 0.363. The fourth-order valence-corrected chi connectivity index (χ4v) is 5.86. The Morgan fingerprint density at radius 2 is 1.54 bits per heavy atom. The topological polar surface area (TPSA) is 99.2 Å². The second kappa shape index (κ2) is 10.3. The van der Waals surface area contributed by atoms with Crippen LogP contribution in [0.2, 0.25) is 0 Å². The Hall–Kier alpha value is -3.78. The zero-order chi connectivity index (χ0) is 25.2. The van der Waals surface area contributed by atoms with E-state index in [4.69, 9.17) is 15.6 Å². The lowest BCUT2D eigenvalue weighted by Gasteiger charge is -2.40. The van der Waals surface area contributed by atoms with Crippen molar-refractivity contribution < 1.29 is 9.53 Å². The van der Waals surface area contributed by atoms with Gasteiger partial charge in [-0.15, -0.1) is 0 Å². The number of hydrogen-bond acceptors (Lipinski definition) is 7. The van der Waals surface area contributed by atoms with Gasteiger partial charge in [-0.2, -0.15) is 5.10 Å². The third-order valence-electron chi connectivity index (χ3n) is 7.92. The van der Waals surface area contributed by atoms with Gasteiger partial charge in [-0.1, -0.05) is 18.2 Å². The molecule has 37 heavy (non-hydrogen) atoms. The highest BCUT2D eigenvalue weighted by molar-refractivity contribution is 5.98. The average Bonchev–Trinajstić information content (AvgIpc) is 3.35. The van der Waals surface area contributed by atoms with E-state index in [0.717, 1.165) is 91.7 Å². The van der Waals surface area contributed by atoms with Crippen LogP contribution >= 0.6 is 0 Å². The van der Waals surface area contributed by atoms with Gasteiger partial charge in [0.05, 0.1) is 11.4 Å². The van der Waals surface area contributed by atoms with Crippen molar-refractivity contribution >= 4 is 23.1 Å². The van der Waals surface area contributed by atoms with Gasteiger partial charge < -0.3 is 20.2 Å². The number of para-hydroxylation sites is 1. The van der Waals surface area contributed by atoms with Gasteiger partial charge >= 0.3 is 0 Å². The van der Waals surface area contributed by atoms with Gasteiger partial charge in [0.15, 0.2) is 5.65 Å². The fourth-order valence-electron chi connectivity index (χ4n) is 5.86. The number of fused-ring (bicyclic) bond motifs is 1. The van der Waals surface area contributed by atoms with E-state index in [9.17, 15) is 4.79 Å². The summed E-state index contributed by atoms with van der Waals surface area (Å²) >= 11 is 0. The van der Waals surface area contributed by atoms with Gasteiger partial charge in [-0.3, -0.25) is 0 Å². The predicted octanol–water partition coefficient (Wildman–Crippen LogP) is 5.26. The molecule has 2 aliphatic rings. The van der Waals surface area contributed by atoms with Crippen molar-refractivity contribution in [3.05, 3.63) is 60.9 Å². The number of aldehydes is 1. The lowest BCUT2D eigenvalue weighted by Crippen LogP contribution is -2.43. The summed E-state index contributed by atoms with van der Waals surface area (Å²) in [4.78, 5) is 22.6. The Morgan fingerprint density at radius 1 is 0.838 bits per heavy atom. The number of piperidine rings is 1. The zero-order valence-electron chi connectivity index (χ0n) is 20.9. The van der Waals surface area contributed by atoms with Crippen molar-refractivity contribution in [2.24, 2.45) is 5.92 Å². The summed E-state index contributed by atoms with van der Waals surface area (Å²) in [6.07, 6.45) is 8.97. The standard InChI is InChI=1S/C29H32N6O2/c30-28-26-27(21-8-12-25(13-9-21)37-24-4-2-1-3-5-24)33-35(29(26)32-19-31-28)23-14-16-34(17-15-23)22-10-6-20(18-36)7-11-22/h1-5,8-9,12-13,18-20,22-23H,6-7,10-11,14-17H2,(H2,30,31,32). The summed E-state index contributed by atoms with van der Waals surface area (Å²) in [6.45, 7) is 2.06. The van der Waals surface area contributed by atoms with E-state index in [1.54, 1.807) is 0 Å². The van der Waals surface area contributed by atoms with E-state index in [1.807, 2.05) is 54.6 Å². The number of nitrogens with zero attached hydrogens (tertiary/aromatic N) is 5. The first-order valence-corrected chi connectivity index (χ1v) is 13.2. The fraction of sp³-hybridized carbons (Fsp3) is 0.379. The Kier molecular flexibility index (Phi) is 6.57. The van der Waals surface area contributed by atoms with E-state index >= 15 is 0 Å². The summed E-state index contributed by atoms with van der Waals surface area (Å²) in [7, 11) is 0. The highest BCUT2D eigenvalue weighted by Crippen LogP contribution is 2.36. The van der Waals surface area contributed by atoms with Crippen LogP contribution in [0.1, 0.15) is 44.6 Å². The number of benzene rings is 2. The van der Waals surface area contributed by atoms with Crippen LogP contribution < -0.4 is 10.5 Å². The number of nitrogens with two attached hydrogens (primary N) is 1. The molecule has 0 amide bonds. The average molecular weight is 497 g/mol. The number of rotatable bonds is 6. The minimum Gasteiger partial charge on any atom is -0.457 e. The highest BCUT2D eigenvalue weighted by atomic mass is 16.5. The van der Waals surface area contributed by atoms with Crippen molar-refractivity contribution in [3.8, 4) is 22.8 Å². The second-order valence-electron chi connectivity index (χ2n) is 10.2. The Balaban J connectivity index is 1.22. The number of carbonyl (C=O) groups is 1. The predicted molar refractivity (Wildman–Crippen MR) is 143 cm³/mol. The molecule has 0 bridgehead atoms. The van der Waals surface area contributed by atoms with Crippen LogP contribution in [0.25, 0.3) is 22.3 Å². The van der Waals surface area contributed by atoms with Crippen LogP contribution in [0.5, 0.6) is 11.5 Å². The van der Waals surface area contributed by atoms with Gasteiger partial charge in [0, 0.05) is 30.6 Å². The van der Waals surface area contributed by atoms with Gasteiger partial charge in [-0.05, 0) is 74.9 Å². The van der Waals surface area contributed by atoms with E-state index in [0.29, 0.717) is 11.9 Å². The number of anilines is 1. The monoisotopic (exact) mass is 496 g/mol. The molecule has 3 heterocycles. The van der Waals surface area contributed by atoms with Crippen LogP contribution in [0.3, 0.4) is 0 Å². The van der Waals surface area contributed by atoms with Crippen LogP contribution in [0, 0.1) is 5.92 Å². The largest absolute Gasteiger partial charge is 0.457 e. The smallest absolute Gasteiger partial charge is 0.164 e. The molecule has 8 nitrogen and oxygen atoms in total. The molecule has 4 aromatic rings. The normalized spacial score (nSPS) is 21.2. The van der Waals surface area contributed by atoms with Crippen molar-refractivity contribution in [2.45, 2.75) is 50.6 Å². The molecular weight excluding hydrogens is 464 g/mol. The molecule has 0 atom stereocenters. The summed E-state index contributed by atoms with van der Waals surface area (Å²) in [5, 5.41) is 5.85. The molecule has 2 fully saturated rings. The molecular formula is C29H32N6O2. The molecule has 2 N–H and O–H groups in total. The van der Waals surface area contributed by atoms with Gasteiger partial charge in [0.2, 0.25) is 0 Å². The van der Waals surface area contributed by atoms with E-state index in [2.05, 4.69) is 19.5 Å². The van der Waals surface area contributed by atoms with Crippen LogP contribution in [-0.2, 0) is 4.79 Å². The first-order valence-electron chi connectivity index (χ1n) is 13.2. The number of nitrogen functional groups attached to an aromatic ring is 1. The molecule has 1 aliphatic carbocycles. The second-order valence-corrected chi connectivity index (χ2v) is 10.2. The SMILES string of the molecule is Nc1ncnc2c1c(-c1ccc(Oc3ccccc3)cc1)nn2C1CCN(C2CCC(C=O)CC2)CC1. The third kappa shape index (κ3) is 4.81. The van der Waals surface area contributed by atoms with Gasteiger partial charge in [-0.25, -0.2) is 14.6 Å². The molecule has 1 saturated heterocycles. The molecule has 0 spiro atoms. The maximum atomic E-state index is 11.1. The van der Waals surface area contributed by atoms with Crippen molar-refractivity contribution in [1.29, 1.82) is 0 Å². The van der Waals surface area contributed by atoms with Crippen molar-refractivity contribution in [2.75, 3.05) is 18.8 Å². The van der Waals surface area contributed by atoms with E-state index in [-0.39, 0.29) is 12.0 Å². The molecule has 6 rings (SSSR count). The number of likely N-dealkylation sites (tertiary alicyclic amines) is 1. The zero-order valence-corrected chi connectivity index (χ0v) is 20.9. The number of aromatic nitrogens is 4. The lowest BCUT2D eigenvalue weighted by molar-refractivity contribution is -0.112. The first kappa shape index (κ1) is 23.6. The third-order valence-corrected chi connectivity index (χ3v) is 7.92. The van der Waals surface area contributed by atoms with Gasteiger partial charge in [0.1, 0.15) is 35.6 Å². The Labute approximate surface area is 216 Å². The van der Waals surface area contributed by atoms with E-state index < -0.39 is 0 Å². The maximum absolute atomic E-state index is 11.1. The summed E-state index contributed by atoms with van der Waals surface area (Å²) in [5.41, 5.74) is 8.89. The molecule has 2 aromatic carbocycles. The molecule has 1 saturated carbocycles. The minimum atomic E-state index is 0.256. The van der Waals surface area contributed by atoms with E-state index in [1.165, 1.54) is 6.33 Å².